The summed E-state index contributed by atoms with van der Waals surface area (Å²) in [5, 5.41) is 7.97. The molecule has 3 amide bonds. The van der Waals surface area contributed by atoms with E-state index in [4.69, 9.17) is 9.47 Å². The largest absolute Gasteiger partial charge is 0.467 e. The molecule has 0 bridgehead atoms. The van der Waals surface area contributed by atoms with Crippen molar-refractivity contribution in [2.24, 2.45) is 11.8 Å². The van der Waals surface area contributed by atoms with Crippen molar-refractivity contribution in [3.63, 3.8) is 0 Å². The lowest BCUT2D eigenvalue weighted by Crippen LogP contribution is -2.53. The molecule has 1 aromatic rings. The van der Waals surface area contributed by atoms with E-state index < -0.39 is 41.6 Å². The fourth-order valence-corrected chi connectivity index (χ4v) is 3.24. The Hall–Kier alpha value is -3.36. The molecule has 200 valence electrons. The van der Waals surface area contributed by atoms with E-state index in [1.54, 1.807) is 45.0 Å². The molecule has 4 atom stereocenters. The molecular formula is C27H41N3O6. The molecule has 0 aliphatic rings. The molecule has 1 rings (SSSR count). The van der Waals surface area contributed by atoms with Crippen LogP contribution in [0.1, 0.15) is 66.9 Å². The van der Waals surface area contributed by atoms with Crippen molar-refractivity contribution in [1.29, 1.82) is 0 Å². The fourth-order valence-electron chi connectivity index (χ4n) is 3.24. The molecule has 0 aliphatic heterocycles. The van der Waals surface area contributed by atoms with E-state index >= 15 is 0 Å². The van der Waals surface area contributed by atoms with Crippen LogP contribution in [0.25, 0.3) is 6.08 Å². The highest BCUT2D eigenvalue weighted by atomic mass is 16.6. The maximum Gasteiger partial charge on any atom is 0.408 e. The number of amides is 3. The lowest BCUT2D eigenvalue weighted by molar-refractivity contribution is -0.146. The van der Waals surface area contributed by atoms with Gasteiger partial charge in [0.25, 0.3) is 5.91 Å². The Labute approximate surface area is 214 Å². The normalized spacial score (nSPS) is 15.1. The van der Waals surface area contributed by atoms with Gasteiger partial charge in [-0.05, 0) is 44.2 Å². The number of nitrogens with one attached hydrogen (secondary N) is 3. The molecule has 9 heteroatoms. The number of alkyl carbamates (subject to hydrolysis) is 1. The van der Waals surface area contributed by atoms with Crippen LogP contribution in [0.5, 0.6) is 0 Å². The fraction of sp³-hybridized carbons (Fsp3) is 0.556. The molecule has 9 nitrogen and oxygen atoms in total. The van der Waals surface area contributed by atoms with Crippen molar-refractivity contribution in [3.05, 3.63) is 41.6 Å². The van der Waals surface area contributed by atoms with Gasteiger partial charge in [-0.25, -0.2) is 9.59 Å². The highest BCUT2D eigenvalue weighted by molar-refractivity contribution is 6.03. The van der Waals surface area contributed by atoms with Crippen molar-refractivity contribution in [1.82, 2.24) is 16.0 Å². The topological polar surface area (TPSA) is 123 Å². The van der Waals surface area contributed by atoms with Gasteiger partial charge in [0.2, 0.25) is 5.91 Å². The van der Waals surface area contributed by atoms with Gasteiger partial charge < -0.3 is 25.4 Å². The highest BCUT2D eigenvalue weighted by Crippen LogP contribution is 2.14. The van der Waals surface area contributed by atoms with E-state index in [1.807, 2.05) is 33.8 Å². The Morgan fingerprint density at radius 1 is 0.917 bits per heavy atom. The Morgan fingerprint density at radius 2 is 1.47 bits per heavy atom. The molecule has 0 fully saturated rings. The molecule has 1 aromatic carbocycles. The second-order valence-electron chi connectivity index (χ2n) is 9.83. The number of rotatable bonds is 11. The molecule has 0 aromatic heterocycles. The minimum Gasteiger partial charge on any atom is -0.467 e. The first-order valence-electron chi connectivity index (χ1n) is 12.3. The van der Waals surface area contributed by atoms with Crippen LogP contribution in [0.15, 0.2) is 36.0 Å². The summed E-state index contributed by atoms with van der Waals surface area (Å²) in [6.45, 7) is 12.6. The van der Waals surface area contributed by atoms with Gasteiger partial charge in [0.1, 0.15) is 23.4 Å². The van der Waals surface area contributed by atoms with Crippen LogP contribution in [0.3, 0.4) is 0 Å². The van der Waals surface area contributed by atoms with Crippen LogP contribution in [0.2, 0.25) is 0 Å². The second-order valence-corrected chi connectivity index (χ2v) is 9.83. The van der Waals surface area contributed by atoms with Gasteiger partial charge >= 0.3 is 12.1 Å². The zero-order chi connectivity index (χ0) is 27.5. The summed E-state index contributed by atoms with van der Waals surface area (Å²) in [5.41, 5.74) is -0.137. The van der Waals surface area contributed by atoms with Crippen molar-refractivity contribution in [2.45, 2.75) is 79.0 Å². The van der Waals surface area contributed by atoms with E-state index in [1.165, 1.54) is 13.2 Å². The van der Waals surface area contributed by atoms with Gasteiger partial charge in [-0.2, -0.15) is 0 Å². The van der Waals surface area contributed by atoms with Crippen molar-refractivity contribution >= 4 is 30.0 Å². The van der Waals surface area contributed by atoms with E-state index in [2.05, 4.69) is 16.0 Å². The average Bonchev–Trinajstić information content (AvgIpc) is 2.83. The predicted octanol–water partition coefficient (Wildman–Crippen LogP) is 3.79. The molecule has 4 unspecified atom stereocenters. The van der Waals surface area contributed by atoms with Crippen LogP contribution in [0, 0.1) is 11.8 Å². The summed E-state index contributed by atoms with van der Waals surface area (Å²) < 4.78 is 10.2. The van der Waals surface area contributed by atoms with Crippen LogP contribution >= 0.6 is 0 Å². The molecule has 0 saturated carbocycles. The first-order chi connectivity index (χ1) is 16.8. The lowest BCUT2D eigenvalue weighted by Gasteiger charge is -2.27. The first kappa shape index (κ1) is 30.7. The zero-order valence-electron chi connectivity index (χ0n) is 22.6. The Kier molecular flexibility index (Phi) is 12.1. The lowest BCUT2D eigenvalue weighted by atomic mass is 9.98. The summed E-state index contributed by atoms with van der Waals surface area (Å²) in [4.78, 5) is 51.3. The number of ether oxygens (including phenoxy) is 2. The number of benzene rings is 1. The molecule has 0 spiro atoms. The molecule has 0 heterocycles. The second kappa shape index (κ2) is 14.3. The van der Waals surface area contributed by atoms with E-state index in [0.29, 0.717) is 18.4 Å². The zero-order valence-corrected chi connectivity index (χ0v) is 22.6. The summed E-state index contributed by atoms with van der Waals surface area (Å²) in [6.07, 6.45) is 2.00. The third-order valence-corrected chi connectivity index (χ3v) is 5.74. The van der Waals surface area contributed by atoms with Gasteiger partial charge in [0.15, 0.2) is 0 Å². The molecule has 0 radical (unpaired) electrons. The van der Waals surface area contributed by atoms with Gasteiger partial charge in [-0.1, -0.05) is 70.9 Å². The maximum absolute atomic E-state index is 13.3. The Morgan fingerprint density at radius 3 is 1.97 bits per heavy atom. The van der Waals surface area contributed by atoms with Crippen molar-refractivity contribution in [3.8, 4) is 0 Å². The van der Waals surface area contributed by atoms with Crippen LogP contribution in [-0.2, 0) is 23.9 Å². The van der Waals surface area contributed by atoms with Crippen molar-refractivity contribution < 1.29 is 28.7 Å². The van der Waals surface area contributed by atoms with Crippen LogP contribution in [-0.4, -0.2) is 48.7 Å². The van der Waals surface area contributed by atoms with E-state index in [-0.39, 0.29) is 17.5 Å². The SMILES string of the molecule is CCC(C)C(NC(=O)OC(C)(C)C)C(=O)NC(=Cc1ccccc1)C(=O)NC(C(=O)OC)C(C)CC. The van der Waals surface area contributed by atoms with Gasteiger partial charge in [-0.3, -0.25) is 9.59 Å². The number of carbonyl (C=O) groups excluding carboxylic acids is 4. The molecule has 0 aliphatic carbocycles. The summed E-state index contributed by atoms with van der Waals surface area (Å²) in [5.74, 6) is -2.25. The smallest absolute Gasteiger partial charge is 0.408 e. The minimum atomic E-state index is -0.956. The predicted molar refractivity (Wildman–Crippen MR) is 139 cm³/mol. The number of methoxy groups -OCH3 is 1. The summed E-state index contributed by atoms with van der Waals surface area (Å²) in [7, 11) is 1.26. The Bertz CT molecular complexity index is 923. The molecule has 0 saturated heterocycles. The summed E-state index contributed by atoms with van der Waals surface area (Å²) >= 11 is 0. The van der Waals surface area contributed by atoms with Gasteiger partial charge in [-0.15, -0.1) is 0 Å². The first-order valence-corrected chi connectivity index (χ1v) is 12.3. The number of hydrogen-bond acceptors (Lipinski definition) is 6. The third kappa shape index (κ3) is 10.1. The highest BCUT2D eigenvalue weighted by Gasteiger charge is 2.32. The number of esters is 1. The van der Waals surface area contributed by atoms with Crippen LogP contribution < -0.4 is 16.0 Å². The van der Waals surface area contributed by atoms with Crippen molar-refractivity contribution in [2.75, 3.05) is 7.11 Å². The third-order valence-electron chi connectivity index (χ3n) is 5.74. The van der Waals surface area contributed by atoms with E-state index in [0.717, 1.165) is 0 Å². The standard InChI is InChI=1S/C27H41N3O6/c1-9-17(3)21(30-26(34)36-27(5,6)7)24(32)28-20(16-19-14-12-11-13-15-19)23(31)29-22(18(4)10-2)25(33)35-8/h11-18,21-22H,9-10H2,1-8H3,(H,28,32)(H,29,31)(H,30,34). The summed E-state index contributed by atoms with van der Waals surface area (Å²) in [6, 6.07) is 7.12. The molecule has 3 N–H and O–H groups in total. The molecular weight excluding hydrogens is 462 g/mol. The monoisotopic (exact) mass is 503 g/mol. The number of carbonyl (C=O) groups is 4. The van der Waals surface area contributed by atoms with Gasteiger partial charge in [0, 0.05) is 0 Å². The maximum atomic E-state index is 13.3. The van der Waals surface area contributed by atoms with Gasteiger partial charge in [0.05, 0.1) is 7.11 Å². The van der Waals surface area contributed by atoms with E-state index in [9.17, 15) is 19.2 Å². The minimum absolute atomic E-state index is 0.0669. The number of hydrogen-bond donors (Lipinski definition) is 3. The quantitative estimate of drug-likeness (QED) is 0.312. The Balaban J connectivity index is 3.28. The average molecular weight is 504 g/mol. The molecule has 36 heavy (non-hydrogen) atoms. The van der Waals surface area contributed by atoms with Crippen LogP contribution in [0.4, 0.5) is 4.79 Å².